The van der Waals surface area contributed by atoms with E-state index in [-0.39, 0.29) is 12.4 Å². The molecule has 0 saturated heterocycles. The van der Waals surface area contributed by atoms with Crippen molar-refractivity contribution in [3.8, 4) is 5.88 Å². The van der Waals surface area contributed by atoms with Crippen LogP contribution >= 0.6 is 0 Å². The maximum atomic E-state index is 11.9. The first-order valence-electron chi connectivity index (χ1n) is 8.58. The molecular weight excluding hydrogens is 359 g/mol. The van der Waals surface area contributed by atoms with Crippen molar-refractivity contribution in [3.05, 3.63) is 59.3 Å². The van der Waals surface area contributed by atoms with Gasteiger partial charge in [0.25, 0.3) is 0 Å². The number of pyridine rings is 1. The van der Waals surface area contributed by atoms with Crippen LogP contribution in [0.5, 0.6) is 5.88 Å². The van der Waals surface area contributed by atoms with Gasteiger partial charge >= 0.3 is 12.2 Å². The zero-order valence-corrected chi connectivity index (χ0v) is 14.8. The number of nitrogens with two attached hydrogens (primary N) is 1. The van der Waals surface area contributed by atoms with E-state index in [9.17, 15) is 18.0 Å². The van der Waals surface area contributed by atoms with Gasteiger partial charge in [-0.05, 0) is 48.4 Å². The number of aryl methyl sites for hydroxylation is 2. The molecule has 3 N–H and O–H groups in total. The molecule has 0 unspecified atom stereocenters. The standard InChI is InChI=1S/C10H12.C9H10F3N3O2/c1-2-6-10-8-4-3-7-9(10)5-1;10-9(11,12)5-17-7-3-6(1-2-14-7)4-15-8(13)16/h1-2,5-6H,3-4,7-8H2;1-3H,4-5H2,(H3,13,15,16). The highest BCUT2D eigenvalue weighted by Gasteiger charge is 2.28. The molecular formula is C19H22F3N3O2. The van der Waals surface area contributed by atoms with Gasteiger partial charge in [0, 0.05) is 18.8 Å². The molecule has 2 aromatic rings. The van der Waals surface area contributed by atoms with E-state index in [4.69, 9.17) is 5.73 Å². The minimum absolute atomic E-state index is 0.0975. The number of fused-ring (bicyclic) bond motifs is 1. The number of rotatable bonds is 4. The van der Waals surface area contributed by atoms with E-state index in [1.807, 2.05) is 0 Å². The molecule has 8 heteroatoms. The number of ether oxygens (including phenoxy) is 1. The van der Waals surface area contributed by atoms with Crippen LogP contribution in [0.15, 0.2) is 42.6 Å². The third-order valence-corrected chi connectivity index (χ3v) is 3.91. The Kier molecular flexibility index (Phi) is 7.45. The molecule has 0 saturated carbocycles. The fraction of sp³-hybridized carbons (Fsp3) is 0.368. The van der Waals surface area contributed by atoms with E-state index in [1.54, 1.807) is 11.1 Å². The van der Waals surface area contributed by atoms with E-state index in [0.29, 0.717) is 5.56 Å². The molecule has 1 aliphatic rings. The number of hydrogen-bond acceptors (Lipinski definition) is 3. The molecule has 0 spiro atoms. The summed E-state index contributed by atoms with van der Waals surface area (Å²) in [6.07, 6.45) is 2.24. The van der Waals surface area contributed by atoms with Gasteiger partial charge in [-0.2, -0.15) is 13.2 Å². The highest BCUT2D eigenvalue weighted by molar-refractivity contribution is 5.71. The van der Waals surface area contributed by atoms with Gasteiger partial charge in [-0.3, -0.25) is 0 Å². The van der Waals surface area contributed by atoms with Crippen molar-refractivity contribution in [3.63, 3.8) is 0 Å². The van der Waals surface area contributed by atoms with Crippen LogP contribution in [0, 0.1) is 0 Å². The predicted octanol–water partition coefficient (Wildman–Crippen LogP) is 3.76. The second-order valence-electron chi connectivity index (χ2n) is 6.10. The highest BCUT2D eigenvalue weighted by atomic mass is 19.4. The molecule has 1 aliphatic carbocycles. The van der Waals surface area contributed by atoms with Crippen molar-refractivity contribution in [2.75, 3.05) is 6.61 Å². The maximum absolute atomic E-state index is 11.9. The van der Waals surface area contributed by atoms with Crippen LogP contribution in [0.2, 0.25) is 0 Å². The number of carbonyl (C=O) groups is 1. The summed E-state index contributed by atoms with van der Waals surface area (Å²) in [6, 6.07) is 10.9. The predicted molar refractivity (Wildman–Crippen MR) is 95.3 cm³/mol. The number of alkyl halides is 3. The molecule has 3 rings (SSSR count). The molecule has 0 aliphatic heterocycles. The number of carbonyl (C=O) groups excluding carboxylic acids is 1. The topological polar surface area (TPSA) is 77.2 Å². The van der Waals surface area contributed by atoms with Crippen molar-refractivity contribution in [1.29, 1.82) is 0 Å². The number of aromatic nitrogens is 1. The number of primary amides is 1. The van der Waals surface area contributed by atoms with Crippen LogP contribution in [-0.4, -0.2) is 23.8 Å². The Bertz CT molecular complexity index is 726. The average Bonchev–Trinajstić information content (AvgIpc) is 2.65. The Morgan fingerprint density at radius 1 is 1.15 bits per heavy atom. The van der Waals surface area contributed by atoms with Crippen molar-refractivity contribution in [2.45, 2.75) is 38.4 Å². The smallest absolute Gasteiger partial charge is 0.422 e. The van der Waals surface area contributed by atoms with Gasteiger partial charge in [0.2, 0.25) is 5.88 Å². The fourth-order valence-electron chi connectivity index (χ4n) is 2.66. The van der Waals surface area contributed by atoms with Crippen molar-refractivity contribution in [2.24, 2.45) is 5.73 Å². The van der Waals surface area contributed by atoms with E-state index >= 15 is 0 Å². The van der Waals surface area contributed by atoms with Crippen LogP contribution in [0.25, 0.3) is 0 Å². The number of benzene rings is 1. The average molecular weight is 381 g/mol. The number of halogens is 3. The number of nitrogens with zero attached hydrogens (tertiary/aromatic N) is 1. The zero-order valence-electron chi connectivity index (χ0n) is 14.8. The van der Waals surface area contributed by atoms with Crippen molar-refractivity contribution >= 4 is 6.03 Å². The summed E-state index contributed by atoms with van der Waals surface area (Å²) in [6.45, 7) is -1.31. The Balaban J connectivity index is 0.000000219. The Morgan fingerprint density at radius 3 is 2.33 bits per heavy atom. The molecule has 1 heterocycles. The van der Waals surface area contributed by atoms with Gasteiger partial charge in [0.15, 0.2) is 6.61 Å². The molecule has 2 amide bonds. The maximum Gasteiger partial charge on any atom is 0.422 e. The summed E-state index contributed by atoms with van der Waals surface area (Å²) in [5.74, 6) is -0.161. The molecule has 0 fully saturated rings. The van der Waals surface area contributed by atoms with Crippen LogP contribution in [0.1, 0.15) is 29.5 Å². The minimum Gasteiger partial charge on any atom is -0.468 e. The summed E-state index contributed by atoms with van der Waals surface area (Å²) in [5, 5.41) is 2.29. The minimum atomic E-state index is -4.41. The highest BCUT2D eigenvalue weighted by Crippen LogP contribution is 2.20. The molecule has 0 atom stereocenters. The first kappa shape index (κ1) is 20.5. The fourth-order valence-corrected chi connectivity index (χ4v) is 2.66. The third-order valence-electron chi connectivity index (χ3n) is 3.91. The molecule has 1 aromatic heterocycles. The zero-order chi connectivity index (χ0) is 19.7. The number of hydrogen-bond donors (Lipinski definition) is 2. The molecule has 1 aromatic carbocycles. The largest absolute Gasteiger partial charge is 0.468 e. The van der Waals surface area contributed by atoms with Crippen molar-refractivity contribution in [1.82, 2.24) is 10.3 Å². The van der Waals surface area contributed by atoms with E-state index in [2.05, 4.69) is 39.3 Å². The molecule has 0 bridgehead atoms. The van der Waals surface area contributed by atoms with Gasteiger partial charge in [0.05, 0.1) is 0 Å². The van der Waals surface area contributed by atoms with Gasteiger partial charge in [0.1, 0.15) is 0 Å². The van der Waals surface area contributed by atoms with Gasteiger partial charge < -0.3 is 15.8 Å². The molecule has 146 valence electrons. The Hall–Kier alpha value is -2.77. The van der Waals surface area contributed by atoms with Gasteiger partial charge in [-0.1, -0.05) is 24.3 Å². The normalized spacial score (nSPS) is 13.0. The molecule has 27 heavy (non-hydrogen) atoms. The van der Waals surface area contributed by atoms with E-state index in [1.165, 1.54) is 44.0 Å². The number of amides is 2. The van der Waals surface area contributed by atoms with Gasteiger partial charge in [-0.15, -0.1) is 0 Å². The van der Waals surface area contributed by atoms with Crippen LogP contribution in [0.4, 0.5) is 18.0 Å². The summed E-state index contributed by atoms with van der Waals surface area (Å²) < 4.78 is 40.0. The van der Waals surface area contributed by atoms with Crippen LogP contribution in [0.3, 0.4) is 0 Å². The monoisotopic (exact) mass is 381 g/mol. The summed E-state index contributed by atoms with van der Waals surface area (Å²) in [7, 11) is 0. The first-order valence-corrected chi connectivity index (χ1v) is 8.58. The quantitative estimate of drug-likeness (QED) is 0.847. The van der Waals surface area contributed by atoms with E-state index < -0.39 is 18.8 Å². The first-order chi connectivity index (χ1) is 12.8. The Morgan fingerprint density at radius 2 is 1.78 bits per heavy atom. The third kappa shape index (κ3) is 7.98. The second kappa shape index (κ2) is 9.80. The number of urea groups is 1. The summed E-state index contributed by atoms with van der Waals surface area (Å²) >= 11 is 0. The summed E-state index contributed by atoms with van der Waals surface area (Å²) in [5.41, 5.74) is 8.54. The molecule has 5 nitrogen and oxygen atoms in total. The van der Waals surface area contributed by atoms with Crippen LogP contribution in [-0.2, 0) is 19.4 Å². The van der Waals surface area contributed by atoms with E-state index in [0.717, 1.165) is 0 Å². The lowest BCUT2D eigenvalue weighted by molar-refractivity contribution is -0.154. The lowest BCUT2D eigenvalue weighted by Crippen LogP contribution is -2.28. The number of nitrogens with one attached hydrogen (secondary N) is 1. The van der Waals surface area contributed by atoms with Gasteiger partial charge in [-0.25, -0.2) is 9.78 Å². The van der Waals surface area contributed by atoms with Crippen LogP contribution < -0.4 is 15.8 Å². The SMILES string of the molecule is NC(=O)NCc1ccnc(OCC(F)(F)F)c1.c1ccc2c(c1)CCCC2. The Labute approximate surface area is 155 Å². The summed E-state index contributed by atoms with van der Waals surface area (Å²) in [4.78, 5) is 14.0. The lowest BCUT2D eigenvalue weighted by Gasteiger charge is -2.13. The lowest BCUT2D eigenvalue weighted by atomic mass is 9.92. The van der Waals surface area contributed by atoms with Crippen molar-refractivity contribution < 1.29 is 22.7 Å². The molecule has 0 radical (unpaired) electrons. The second-order valence-corrected chi connectivity index (χ2v) is 6.10.